The van der Waals surface area contributed by atoms with Gasteiger partial charge in [-0.3, -0.25) is 10.1 Å². The van der Waals surface area contributed by atoms with Crippen molar-refractivity contribution in [3.8, 4) is 0 Å². The number of nitrogens with zero attached hydrogens (tertiary/aromatic N) is 3. The van der Waals surface area contributed by atoms with Crippen LogP contribution in [0.2, 0.25) is 0 Å². The standard InChI is InChI=1S/C11H9N3O3/c1-8-12-7-6-9(13-8)2-3-10-4-5-11(17-10)14(15)16/h2-7H,1H3. The summed E-state index contributed by atoms with van der Waals surface area (Å²) in [7, 11) is 0. The van der Waals surface area contributed by atoms with E-state index >= 15 is 0 Å². The van der Waals surface area contributed by atoms with Crippen molar-refractivity contribution >= 4 is 18.0 Å². The third kappa shape index (κ3) is 2.75. The summed E-state index contributed by atoms with van der Waals surface area (Å²) >= 11 is 0. The molecule has 0 spiro atoms. The Morgan fingerprint density at radius 1 is 1.35 bits per heavy atom. The van der Waals surface area contributed by atoms with Crippen LogP contribution in [0.25, 0.3) is 12.2 Å². The molecule has 2 rings (SSSR count). The Morgan fingerprint density at radius 2 is 2.18 bits per heavy atom. The molecule has 6 heteroatoms. The third-order valence-electron chi connectivity index (χ3n) is 2.01. The van der Waals surface area contributed by atoms with E-state index in [1.807, 2.05) is 0 Å². The first-order chi connectivity index (χ1) is 8.15. The summed E-state index contributed by atoms with van der Waals surface area (Å²) in [6.45, 7) is 1.79. The van der Waals surface area contributed by atoms with E-state index in [1.165, 1.54) is 12.1 Å². The number of hydrogen-bond acceptors (Lipinski definition) is 5. The van der Waals surface area contributed by atoms with Crippen molar-refractivity contribution in [2.75, 3.05) is 0 Å². The molecule has 0 aliphatic heterocycles. The highest BCUT2D eigenvalue weighted by atomic mass is 16.6. The van der Waals surface area contributed by atoms with E-state index in [0.717, 1.165) is 5.69 Å². The van der Waals surface area contributed by atoms with Crippen LogP contribution in [-0.4, -0.2) is 14.9 Å². The first-order valence-corrected chi connectivity index (χ1v) is 4.87. The van der Waals surface area contributed by atoms with Gasteiger partial charge in [0.25, 0.3) is 0 Å². The van der Waals surface area contributed by atoms with Gasteiger partial charge >= 0.3 is 5.88 Å². The summed E-state index contributed by atoms with van der Waals surface area (Å²) in [5, 5.41) is 10.4. The lowest BCUT2D eigenvalue weighted by atomic mass is 10.3. The number of nitro groups is 1. The molecule has 0 aliphatic rings. The molecule has 2 heterocycles. The second-order valence-corrected chi connectivity index (χ2v) is 3.30. The fraction of sp³-hybridized carbons (Fsp3) is 0.0909. The van der Waals surface area contributed by atoms with Crippen LogP contribution in [0.15, 0.2) is 28.8 Å². The lowest BCUT2D eigenvalue weighted by Gasteiger charge is -1.92. The van der Waals surface area contributed by atoms with E-state index in [1.54, 1.807) is 31.3 Å². The molecule has 2 aromatic heterocycles. The van der Waals surface area contributed by atoms with E-state index in [-0.39, 0.29) is 5.88 Å². The van der Waals surface area contributed by atoms with E-state index in [2.05, 4.69) is 9.97 Å². The summed E-state index contributed by atoms with van der Waals surface area (Å²) in [6, 6.07) is 4.58. The minimum Gasteiger partial charge on any atom is -0.401 e. The van der Waals surface area contributed by atoms with Crippen LogP contribution in [0, 0.1) is 17.0 Å². The van der Waals surface area contributed by atoms with Crippen LogP contribution in [0.3, 0.4) is 0 Å². The molecule has 0 fully saturated rings. The molecule has 0 atom stereocenters. The molecule has 0 aromatic carbocycles. The molecule has 0 amide bonds. The summed E-state index contributed by atoms with van der Waals surface area (Å²) in [5.41, 5.74) is 0.719. The Morgan fingerprint density at radius 3 is 2.82 bits per heavy atom. The van der Waals surface area contributed by atoms with Gasteiger partial charge in [-0.1, -0.05) is 0 Å². The Bertz CT molecular complexity index is 575. The van der Waals surface area contributed by atoms with Gasteiger partial charge in [-0.05, 0) is 31.2 Å². The van der Waals surface area contributed by atoms with Crippen LogP contribution >= 0.6 is 0 Å². The molecule has 0 unspecified atom stereocenters. The number of aryl methyl sites for hydroxylation is 1. The van der Waals surface area contributed by atoms with Crippen LogP contribution in [0.5, 0.6) is 0 Å². The number of rotatable bonds is 3. The molecular formula is C11H9N3O3. The highest BCUT2D eigenvalue weighted by molar-refractivity contribution is 5.65. The van der Waals surface area contributed by atoms with Crippen molar-refractivity contribution in [3.05, 3.63) is 51.8 Å². The van der Waals surface area contributed by atoms with Gasteiger partial charge in [0.05, 0.1) is 11.8 Å². The quantitative estimate of drug-likeness (QED) is 0.598. The van der Waals surface area contributed by atoms with Crippen molar-refractivity contribution in [2.24, 2.45) is 0 Å². The minimum atomic E-state index is -0.577. The van der Waals surface area contributed by atoms with Crippen LogP contribution in [0.4, 0.5) is 5.88 Å². The maximum Gasteiger partial charge on any atom is 0.433 e. The van der Waals surface area contributed by atoms with Gasteiger partial charge in [0.2, 0.25) is 0 Å². The number of hydrogen-bond donors (Lipinski definition) is 0. The molecule has 0 saturated carbocycles. The topological polar surface area (TPSA) is 82.1 Å². The number of aromatic nitrogens is 2. The van der Waals surface area contributed by atoms with Crippen molar-refractivity contribution in [1.29, 1.82) is 0 Å². The minimum absolute atomic E-state index is 0.275. The zero-order chi connectivity index (χ0) is 12.3. The molecular weight excluding hydrogens is 222 g/mol. The highest BCUT2D eigenvalue weighted by Crippen LogP contribution is 2.17. The van der Waals surface area contributed by atoms with E-state index in [4.69, 9.17) is 4.42 Å². The molecule has 17 heavy (non-hydrogen) atoms. The molecule has 2 aromatic rings. The second-order valence-electron chi connectivity index (χ2n) is 3.30. The molecule has 0 N–H and O–H groups in total. The van der Waals surface area contributed by atoms with Crippen LogP contribution in [0.1, 0.15) is 17.3 Å². The molecule has 86 valence electrons. The lowest BCUT2D eigenvalue weighted by molar-refractivity contribution is -0.402. The van der Waals surface area contributed by atoms with Gasteiger partial charge in [0, 0.05) is 6.20 Å². The second kappa shape index (κ2) is 4.56. The molecule has 6 nitrogen and oxygen atoms in total. The predicted octanol–water partition coefficient (Wildman–Crippen LogP) is 2.46. The summed E-state index contributed by atoms with van der Waals surface area (Å²) in [5.74, 6) is 0.800. The van der Waals surface area contributed by atoms with E-state index in [9.17, 15) is 10.1 Å². The van der Waals surface area contributed by atoms with Gasteiger partial charge < -0.3 is 4.42 Å². The zero-order valence-corrected chi connectivity index (χ0v) is 9.03. The molecule has 0 aliphatic carbocycles. The van der Waals surface area contributed by atoms with E-state index in [0.29, 0.717) is 11.6 Å². The van der Waals surface area contributed by atoms with Gasteiger partial charge in [-0.2, -0.15) is 0 Å². The fourth-order valence-corrected chi connectivity index (χ4v) is 1.26. The smallest absolute Gasteiger partial charge is 0.401 e. The van der Waals surface area contributed by atoms with Gasteiger partial charge in [0.15, 0.2) is 0 Å². The van der Waals surface area contributed by atoms with Gasteiger partial charge in [-0.25, -0.2) is 9.97 Å². The normalized spacial score (nSPS) is 10.9. The molecule has 0 bridgehead atoms. The SMILES string of the molecule is Cc1nccc(C=Cc2ccc([N+](=O)[O-])o2)n1. The average molecular weight is 231 g/mol. The largest absolute Gasteiger partial charge is 0.433 e. The Balaban J connectivity index is 2.17. The van der Waals surface area contributed by atoms with Crippen molar-refractivity contribution in [3.63, 3.8) is 0 Å². The van der Waals surface area contributed by atoms with Crippen molar-refractivity contribution < 1.29 is 9.34 Å². The predicted molar refractivity (Wildman–Crippen MR) is 61.1 cm³/mol. The monoisotopic (exact) mass is 231 g/mol. The summed E-state index contributed by atoms with van der Waals surface area (Å²) in [6.07, 6.45) is 4.97. The van der Waals surface area contributed by atoms with Gasteiger partial charge in [-0.15, -0.1) is 0 Å². The first kappa shape index (κ1) is 11.0. The van der Waals surface area contributed by atoms with Crippen LogP contribution in [-0.2, 0) is 0 Å². The third-order valence-corrected chi connectivity index (χ3v) is 2.01. The Labute approximate surface area is 96.8 Å². The fourth-order valence-electron chi connectivity index (χ4n) is 1.26. The maximum atomic E-state index is 10.4. The maximum absolute atomic E-state index is 10.4. The molecule has 0 saturated heterocycles. The lowest BCUT2D eigenvalue weighted by Crippen LogP contribution is -1.87. The Kier molecular flexibility index (Phi) is 2.95. The highest BCUT2D eigenvalue weighted by Gasteiger charge is 2.09. The Hall–Kier alpha value is -2.50. The first-order valence-electron chi connectivity index (χ1n) is 4.87. The van der Waals surface area contributed by atoms with Crippen molar-refractivity contribution in [1.82, 2.24) is 9.97 Å². The summed E-state index contributed by atoms with van der Waals surface area (Å²) in [4.78, 5) is 17.9. The average Bonchev–Trinajstić information content (AvgIpc) is 2.75. The van der Waals surface area contributed by atoms with E-state index < -0.39 is 4.92 Å². The zero-order valence-electron chi connectivity index (χ0n) is 9.03. The number of furan rings is 1. The van der Waals surface area contributed by atoms with Crippen LogP contribution < -0.4 is 0 Å². The van der Waals surface area contributed by atoms with Gasteiger partial charge in [0.1, 0.15) is 16.5 Å². The summed E-state index contributed by atoms with van der Waals surface area (Å²) < 4.78 is 4.97. The van der Waals surface area contributed by atoms with Crippen molar-refractivity contribution in [2.45, 2.75) is 6.92 Å². The molecule has 0 radical (unpaired) electrons.